The van der Waals surface area contributed by atoms with E-state index in [-0.39, 0.29) is 30.3 Å². The van der Waals surface area contributed by atoms with Gasteiger partial charge in [-0.1, -0.05) is 30.2 Å². The molecule has 140 valence electrons. The minimum atomic E-state index is -0.957. The molecular formula is C21H32O4. The Kier molecular flexibility index (Phi) is 6.28. The summed E-state index contributed by atoms with van der Waals surface area (Å²) in [7, 11) is 0. The average Bonchev–Trinajstić information content (AvgIpc) is 2.82. The molecule has 25 heavy (non-hydrogen) atoms. The number of carbonyl (C=O) groups excluding carboxylic acids is 1. The van der Waals surface area contributed by atoms with Crippen LogP contribution in [0.3, 0.4) is 0 Å². The molecule has 0 bridgehead atoms. The van der Waals surface area contributed by atoms with Crippen molar-refractivity contribution in [2.75, 3.05) is 0 Å². The Hall–Kier alpha value is -1.39. The van der Waals surface area contributed by atoms with E-state index in [1.165, 1.54) is 11.1 Å². The normalized spacial score (nSPS) is 31.1. The number of allylic oxidation sites excluding steroid dienone is 3. The van der Waals surface area contributed by atoms with E-state index in [1.54, 1.807) is 6.92 Å². The van der Waals surface area contributed by atoms with Gasteiger partial charge in [-0.05, 0) is 58.8 Å². The van der Waals surface area contributed by atoms with Crippen LogP contribution in [0.1, 0.15) is 66.2 Å². The summed E-state index contributed by atoms with van der Waals surface area (Å²) in [5.74, 6) is -0.195. The highest BCUT2D eigenvalue weighted by molar-refractivity contribution is 5.96. The summed E-state index contributed by atoms with van der Waals surface area (Å²) in [5, 5.41) is 30.8. The van der Waals surface area contributed by atoms with E-state index in [0.717, 1.165) is 12.8 Å². The number of aliphatic hydroxyl groups excluding tert-OH is 2. The summed E-state index contributed by atoms with van der Waals surface area (Å²) in [4.78, 5) is 12.2. The zero-order chi connectivity index (χ0) is 18.8. The molecule has 4 heteroatoms. The van der Waals surface area contributed by atoms with Crippen LogP contribution in [0.15, 0.2) is 34.6 Å². The second-order valence-electron chi connectivity index (χ2n) is 8.12. The highest BCUT2D eigenvalue weighted by atomic mass is 16.3. The number of aliphatic hydroxyl groups is 3. The van der Waals surface area contributed by atoms with Gasteiger partial charge < -0.3 is 15.3 Å². The third-order valence-corrected chi connectivity index (χ3v) is 5.64. The minimum absolute atomic E-state index is 0.109. The Morgan fingerprint density at radius 2 is 2.12 bits per heavy atom. The van der Waals surface area contributed by atoms with Gasteiger partial charge in [-0.25, -0.2) is 0 Å². The zero-order valence-electron chi connectivity index (χ0n) is 15.9. The first kappa shape index (κ1) is 19.9. The van der Waals surface area contributed by atoms with Gasteiger partial charge in [-0.3, -0.25) is 4.79 Å². The van der Waals surface area contributed by atoms with Gasteiger partial charge in [0.1, 0.15) is 11.9 Å². The lowest BCUT2D eigenvalue weighted by atomic mass is 9.76. The molecule has 0 aliphatic heterocycles. The Balaban J connectivity index is 2.18. The van der Waals surface area contributed by atoms with Crippen molar-refractivity contribution < 1.29 is 20.1 Å². The van der Waals surface area contributed by atoms with Crippen LogP contribution in [-0.4, -0.2) is 32.8 Å². The fourth-order valence-electron chi connectivity index (χ4n) is 3.96. The van der Waals surface area contributed by atoms with Crippen LogP contribution in [0.5, 0.6) is 0 Å². The predicted molar refractivity (Wildman–Crippen MR) is 99.2 cm³/mol. The molecule has 4 nitrogen and oxygen atoms in total. The molecule has 0 aromatic rings. The Labute approximate surface area is 151 Å². The maximum absolute atomic E-state index is 12.2. The van der Waals surface area contributed by atoms with Gasteiger partial charge in [0, 0.05) is 17.9 Å². The second kappa shape index (κ2) is 7.88. The van der Waals surface area contributed by atoms with Crippen molar-refractivity contribution in [3.63, 3.8) is 0 Å². The van der Waals surface area contributed by atoms with Crippen molar-refractivity contribution in [1.82, 2.24) is 0 Å². The van der Waals surface area contributed by atoms with Crippen LogP contribution in [0, 0.1) is 11.8 Å². The fourth-order valence-corrected chi connectivity index (χ4v) is 3.96. The topological polar surface area (TPSA) is 77.8 Å². The van der Waals surface area contributed by atoms with Gasteiger partial charge in [-0.2, -0.15) is 0 Å². The number of rotatable bonds is 6. The molecule has 0 radical (unpaired) electrons. The number of carbonyl (C=O) groups is 1. The largest absolute Gasteiger partial charge is 0.509 e. The molecule has 2 aliphatic carbocycles. The molecule has 2 aliphatic rings. The Morgan fingerprint density at radius 3 is 2.76 bits per heavy atom. The van der Waals surface area contributed by atoms with E-state index in [2.05, 4.69) is 32.9 Å². The standard InChI is InChI=1S/C21H32O4/c1-13(2)6-5-7-14(3)15-10-11-21(4,25)17(15)12-16-18(22)8-9-19(23)20(16)24/h6,10,14,17,19,23-25H,5,7-9,11-12H2,1-4H3/t14-,17+,19-,21-/m0/s1. The maximum atomic E-state index is 12.2. The van der Waals surface area contributed by atoms with Crippen molar-refractivity contribution in [3.05, 3.63) is 34.6 Å². The van der Waals surface area contributed by atoms with Crippen molar-refractivity contribution >= 4 is 5.78 Å². The van der Waals surface area contributed by atoms with Gasteiger partial charge in [0.15, 0.2) is 5.78 Å². The number of ketones is 1. The minimum Gasteiger partial charge on any atom is -0.509 e. The molecule has 0 amide bonds. The fraction of sp³-hybridized carbons (Fsp3) is 0.667. The van der Waals surface area contributed by atoms with Crippen LogP contribution < -0.4 is 0 Å². The maximum Gasteiger partial charge on any atom is 0.162 e. The molecule has 0 unspecified atom stereocenters. The molecule has 0 saturated heterocycles. The van der Waals surface area contributed by atoms with Gasteiger partial charge in [-0.15, -0.1) is 0 Å². The lowest BCUT2D eigenvalue weighted by Gasteiger charge is -2.32. The van der Waals surface area contributed by atoms with Gasteiger partial charge in [0.05, 0.1) is 5.60 Å². The van der Waals surface area contributed by atoms with Crippen molar-refractivity contribution in [2.45, 2.75) is 77.9 Å². The number of hydrogen-bond acceptors (Lipinski definition) is 4. The molecule has 2 rings (SSSR count). The molecule has 0 fully saturated rings. The van der Waals surface area contributed by atoms with Crippen molar-refractivity contribution in [3.8, 4) is 0 Å². The molecule has 0 saturated carbocycles. The van der Waals surface area contributed by atoms with Crippen LogP contribution in [0.4, 0.5) is 0 Å². The molecule has 0 heterocycles. The predicted octanol–water partition coefficient (Wildman–Crippen LogP) is 3.99. The van der Waals surface area contributed by atoms with Crippen molar-refractivity contribution in [1.29, 1.82) is 0 Å². The van der Waals surface area contributed by atoms with Crippen LogP contribution >= 0.6 is 0 Å². The zero-order valence-corrected chi connectivity index (χ0v) is 15.9. The van der Waals surface area contributed by atoms with Gasteiger partial charge in [0.25, 0.3) is 0 Å². The van der Waals surface area contributed by atoms with Crippen LogP contribution in [-0.2, 0) is 4.79 Å². The van der Waals surface area contributed by atoms with Gasteiger partial charge in [0.2, 0.25) is 0 Å². The first-order valence-corrected chi connectivity index (χ1v) is 9.32. The summed E-state index contributed by atoms with van der Waals surface area (Å²) < 4.78 is 0. The highest BCUT2D eigenvalue weighted by Crippen LogP contribution is 2.44. The lowest BCUT2D eigenvalue weighted by Crippen LogP contribution is -2.35. The smallest absolute Gasteiger partial charge is 0.162 e. The summed E-state index contributed by atoms with van der Waals surface area (Å²) in [6.07, 6.45) is 6.72. The lowest BCUT2D eigenvalue weighted by molar-refractivity contribution is -0.117. The molecule has 4 atom stereocenters. The van der Waals surface area contributed by atoms with E-state index in [0.29, 0.717) is 24.3 Å². The van der Waals surface area contributed by atoms with E-state index in [9.17, 15) is 20.1 Å². The Bertz CT molecular complexity index is 605. The molecule has 0 aromatic carbocycles. The molecule has 3 N–H and O–H groups in total. The van der Waals surface area contributed by atoms with Gasteiger partial charge >= 0.3 is 0 Å². The molecule has 0 aromatic heterocycles. The first-order chi connectivity index (χ1) is 11.6. The van der Waals surface area contributed by atoms with E-state index in [1.807, 2.05) is 0 Å². The molecular weight excluding hydrogens is 316 g/mol. The quantitative estimate of drug-likeness (QED) is 0.634. The number of Topliss-reactive ketones (excluding diaryl/α,β-unsaturated/α-hetero) is 1. The SMILES string of the molecule is CC(C)=CCC[C@H](C)C1=CC[C@](C)(O)[C@@H]1CC1=C(O)[C@@H](O)CCC1=O. The Morgan fingerprint density at radius 1 is 1.44 bits per heavy atom. The van der Waals surface area contributed by atoms with Crippen molar-refractivity contribution in [2.24, 2.45) is 11.8 Å². The molecule has 0 spiro atoms. The average molecular weight is 348 g/mol. The third kappa shape index (κ3) is 4.62. The second-order valence-corrected chi connectivity index (χ2v) is 8.12. The van der Waals surface area contributed by atoms with Crippen LogP contribution in [0.2, 0.25) is 0 Å². The van der Waals surface area contributed by atoms with E-state index in [4.69, 9.17) is 0 Å². The van der Waals surface area contributed by atoms with E-state index >= 15 is 0 Å². The summed E-state index contributed by atoms with van der Waals surface area (Å²) in [5.41, 5.74) is 1.84. The summed E-state index contributed by atoms with van der Waals surface area (Å²) in [6, 6.07) is 0. The summed E-state index contributed by atoms with van der Waals surface area (Å²) >= 11 is 0. The summed E-state index contributed by atoms with van der Waals surface area (Å²) in [6.45, 7) is 8.13. The monoisotopic (exact) mass is 348 g/mol. The number of hydrogen-bond donors (Lipinski definition) is 3. The third-order valence-electron chi connectivity index (χ3n) is 5.64. The highest BCUT2D eigenvalue weighted by Gasteiger charge is 2.42. The van der Waals surface area contributed by atoms with Crippen LogP contribution in [0.25, 0.3) is 0 Å². The van der Waals surface area contributed by atoms with E-state index < -0.39 is 11.7 Å². The first-order valence-electron chi connectivity index (χ1n) is 9.32.